The van der Waals surface area contributed by atoms with Crippen molar-refractivity contribution in [1.29, 1.82) is 0 Å². The standard InChI is InChI=1S/C21H13N3O7S/c25-19-15-10-5-12(11-17(15)21(27)23-19)22-20(26)16-3-1-2-4-18(16)32(30,31)14-8-6-13(7-9-14)24(28)29/h1-11H,(H,22,26)(H,23,25,27). The van der Waals surface area contributed by atoms with Crippen LogP contribution in [0.25, 0.3) is 0 Å². The summed E-state index contributed by atoms with van der Waals surface area (Å²) in [6.07, 6.45) is 0. The van der Waals surface area contributed by atoms with E-state index in [1.165, 1.54) is 42.5 Å². The largest absolute Gasteiger partial charge is 0.322 e. The second-order valence-electron chi connectivity index (χ2n) is 6.75. The summed E-state index contributed by atoms with van der Waals surface area (Å²) in [5.41, 5.74) is 0.0378. The number of carbonyl (C=O) groups excluding carboxylic acids is 3. The number of anilines is 1. The van der Waals surface area contributed by atoms with Crippen molar-refractivity contribution in [3.63, 3.8) is 0 Å². The lowest BCUT2D eigenvalue weighted by molar-refractivity contribution is -0.384. The average molecular weight is 451 g/mol. The molecule has 10 nitrogen and oxygen atoms in total. The number of hydrogen-bond acceptors (Lipinski definition) is 7. The van der Waals surface area contributed by atoms with E-state index in [-0.39, 0.29) is 37.9 Å². The summed E-state index contributed by atoms with van der Waals surface area (Å²) in [6.45, 7) is 0. The van der Waals surface area contributed by atoms with Crippen LogP contribution in [0.3, 0.4) is 0 Å². The molecule has 0 spiro atoms. The van der Waals surface area contributed by atoms with Gasteiger partial charge in [0.25, 0.3) is 23.4 Å². The Bertz CT molecular complexity index is 1410. The Balaban J connectivity index is 1.67. The lowest BCUT2D eigenvalue weighted by Crippen LogP contribution is -2.19. The first-order chi connectivity index (χ1) is 15.2. The number of nitro benzene ring substituents is 1. The molecule has 0 aliphatic carbocycles. The Kier molecular flexibility index (Phi) is 5.03. The molecule has 4 rings (SSSR count). The molecule has 0 saturated heterocycles. The summed E-state index contributed by atoms with van der Waals surface area (Å²) in [5.74, 6) is -1.89. The fraction of sp³-hybridized carbons (Fsp3) is 0. The van der Waals surface area contributed by atoms with Crippen LogP contribution in [0, 0.1) is 10.1 Å². The van der Waals surface area contributed by atoms with E-state index in [1.807, 2.05) is 0 Å². The van der Waals surface area contributed by atoms with Crippen LogP contribution >= 0.6 is 0 Å². The molecule has 0 aromatic heterocycles. The van der Waals surface area contributed by atoms with E-state index in [0.29, 0.717) is 0 Å². The van der Waals surface area contributed by atoms with E-state index in [2.05, 4.69) is 10.6 Å². The maximum absolute atomic E-state index is 13.1. The predicted octanol–water partition coefficient (Wildman–Crippen LogP) is 2.56. The first-order valence-electron chi connectivity index (χ1n) is 9.08. The lowest BCUT2D eigenvalue weighted by Gasteiger charge is -2.11. The number of carbonyl (C=O) groups is 3. The summed E-state index contributed by atoms with van der Waals surface area (Å²) >= 11 is 0. The van der Waals surface area contributed by atoms with E-state index in [1.54, 1.807) is 0 Å². The van der Waals surface area contributed by atoms with Gasteiger partial charge in [0.1, 0.15) is 0 Å². The molecule has 0 radical (unpaired) electrons. The molecule has 0 bridgehead atoms. The molecule has 0 unspecified atom stereocenters. The zero-order valence-electron chi connectivity index (χ0n) is 16.1. The Morgan fingerprint density at radius 1 is 0.906 bits per heavy atom. The molecule has 2 N–H and O–H groups in total. The first-order valence-corrected chi connectivity index (χ1v) is 10.6. The third kappa shape index (κ3) is 3.61. The van der Waals surface area contributed by atoms with Gasteiger partial charge in [-0.1, -0.05) is 12.1 Å². The molecule has 3 aromatic rings. The highest BCUT2D eigenvalue weighted by molar-refractivity contribution is 7.91. The van der Waals surface area contributed by atoms with Crippen molar-refractivity contribution in [2.75, 3.05) is 5.32 Å². The minimum Gasteiger partial charge on any atom is -0.322 e. The van der Waals surface area contributed by atoms with Gasteiger partial charge in [0.05, 0.1) is 31.4 Å². The van der Waals surface area contributed by atoms with Crippen LogP contribution in [-0.4, -0.2) is 31.1 Å². The maximum Gasteiger partial charge on any atom is 0.269 e. The van der Waals surface area contributed by atoms with E-state index < -0.39 is 32.5 Å². The number of imide groups is 1. The minimum absolute atomic E-state index is 0.0968. The third-order valence-electron chi connectivity index (χ3n) is 4.77. The number of hydrogen-bond donors (Lipinski definition) is 2. The molecule has 3 amide bonds. The SMILES string of the molecule is O=C1NC(=O)c2cc(NC(=O)c3ccccc3S(=O)(=O)c3ccc([N+](=O)[O-])cc3)ccc21. The average Bonchev–Trinajstić information content (AvgIpc) is 3.06. The molecule has 32 heavy (non-hydrogen) atoms. The summed E-state index contributed by atoms with van der Waals surface area (Å²) in [7, 11) is -4.17. The lowest BCUT2D eigenvalue weighted by atomic mass is 10.1. The van der Waals surface area contributed by atoms with Crippen molar-refractivity contribution in [3.05, 3.63) is 93.5 Å². The molecule has 0 saturated carbocycles. The van der Waals surface area contributed by atoms with Crippen molar-refractivity contribution in [2.24, 2.45) is 0 Å². The molecule has 1 heterocycles. The molecular weight excluding hydrogens is 438 g/mol. The molecule has 11 heteroatoms. The third-order valence-corrected chi connectivity index (χ3v) is 6.60. The highest BCUT2D eigenvalue weighted by Crippen LogP contribution is 2.27. The number of fused-ring (bicyclic) bond motifs is 1. The maximum atomic E-state index is 13.1. The fourth-order valence-corrected chi connectivity index (χ4v) is 4.66. The highest BCUT2D eigenvalue weighted by Gasteiger charge is 2.28. The Labute approximate surface area is 180 Å². The summed E-state index contributed by atoms with van der Waals surface area (Å²) in [4.78, 5) is 46.0. The molecule has 160 valence electrons. The Morgan fingerprint density at radius 2 is 1.56 bits per heavy atom. The number of amides is 3. The van der Waals surface area contributed by atoms with E-state index in [0.717, 1.165) is 24.3 Å². The van der Waals surface area contributed by atoms with E-state index >= 15 is 0 Å². The molecule has 1 aliphatic heterocycles. The normalized spacial score (nSPS) is 12.8. The van der Waals surface area contributed by atoms with Gasteiger partial charge in [-0.15, -0.1) is 0 Å². The van der Waals surface area contributed by atoms with Crippen LogP contribution in [0.2, 0.25) is 0 Å². The zero-order chi connectivity index (χ0) is 23.0. The molecular formula is C21H13N3O7S. The summed E-state index contributed by atoms with van der Waals surface area (Å²) in [5, 5.41) is 15.5. The Morgan fingerprint density at radius 3 is 2.25 bits per heavy atom. The zero-order valence-corrected chi connectivity index (χ0v) is 16.9. The predicted molar refractivity (Wildman–Crippen MR) is 111 cm³/mol. The van der Waals surface area contributed by atoms with Crippen LogP contribution in [0.5, 0.6) is 0 Å². The number of benzene rings is 3. The van der Waals surface area contributed by atoms with Gasteiger partial charge >= 0.3 is 0 Å². The van der Waals surface area contributed by atoms with Crippen LogP contribution < -0.4 is 10.6 Å². The van der Waals surface area contributed by atoms with Crippen molar-refractivity contribution in [1.82, 2.24) is 5.32 Å². The first kappa shape index (κ1) is 20.9. The van der Waals surface area contributed by atoms with Gasteiger partial charge in [-0.3, -0.25) is 29.8 Å². The molecule has 0 atom stereocenters. The molecule has 0 fully saturated rings. The van der Waals surface area contributed by atoms with Gasteiger partial charge < -0.3 is 5.32 Å². The number of nitrogens with one attached hydrogen (secondary N) is 2. The topological polar surface area (TPSA) is 153 Å². The summed E-state index contributed by atoms with van der Waals surface area (Å²) in [6, 6.07) is 13.9. The van der Waals surface area contributed by atoms with Gasteiger partial charge in [0.15, 0.2) is 0 Å². The molecule has 1 aliphatic rings. The fourth-order valence-electron chi connectivity index (χ4n) is 3.21. The monoisotopic (exact) mass is 451 g/mol. The number of non-ortho nitro benzene ring substituents is 1. The number of nitrogens with zero attached hydrogens (tertiary/aromatic N) is 1. The van der Waals surface area contributed by atoms with Crippen molar-refractivity contribution < 1.29 is 27.7 Å². The van der Waals surface area contributed by atoms with E-state index in [9.17, 15) is 32.9 Å². The van der Waals surface area contributed by atoms with Crippen LogP contribution in [-0.2, 0) is 9.84 Å². The van der Waals surface area contributed by atoms with Gasteiger partial charge in [-0.2, -0.15) is 0 Å². The second kappa shape index (κ2) is 7.71. The van der Waals surface area contributed by atoms with Crippen LogP contribution in [0.4, 0.5) is 11.4 Å². The van der Waals surface area contributed by atoms with Crippen molar-refractivity contribution >= 4 is 38.9 Å². The number of sulfone groups is 1. The van der Waals surface area contributed by atoms with Crippen molar-refractivity contribution in [3.8, 4) is 0 Å². The van der Waals surface area contributed by atoms with Gasteiger partial charge in [0, 0.05) is 17.8 Å². The van der Waals surface area contributed by atoms with Gasteiger partial charge in [-0.25, -0.2) is 8.42 Å². The van der Waals surface area contributed by atoms with Crippen molar-refractivity contribution in [2.45, 2.75) is 9.79 Å². The highest BCUT2D eigenvalue weighted by atomic mass is 32.2. The summed E-state index contributed by atoms with van der Waals surface area (Å²) < 4.78 is 26.2. The van der Waals surface area contributed by atoms with Crippen LogP contribution in [0.15, 0.2) is 76.5 Å². The molecule has 3 aromatic carbocycles. The van der Waals surface area contributed by atoms with E-state index in [4.69, 9.17) is 0 Å². The number of nitro groups is 1. The van der Waals surface area contributed by atoms with Gasteiger partial charge in [-0.05, 0) is 42.5 Å². The quantitative estimate of drug-likeness (QED) is 0.343. The smallest absolute Gasteiger partial charge is 0.269 e. The van der Waals surface area contributed by atoms with Gasteiger partial charge in [0.2, 0.25) is 9.84 Å². The number of rotatable bonds is 5. The Hall–Kier alpha value is -4.38. The second-order valence-corrected chi connectivity index (χ2v) is 8.67. The minimum atomic E-state index is -4.17. The van der Waals surface area contributed by atoms with Crippen LogP contribution in [0.1, 0.15) is 31.1 Å².